The van der Waals surface area contributed by atoms with E-state index in [1.807, 2.05) is 6.07 Å². The summed E-state index contributed by atoms with van der Waals surface area (Å²) in [6.45, 7) is 8.80. The molecule has 0 aliphatic heterocycles. The van der Waals surface area contributed by atoms with E-state index in [1.165, 1.54) is 44.5 Å². The van der Waals surface area contributed by atoms with Crippen molar-refractivity contribution in [3.05, 3.63) is 117 Å². The Balaban J connectivity index is 1.94. The molecule has 0 heterocycles. The van der Waals surface area contributed by atoms with Gasteiger partial charge in [0.25, 0.3) is 0 Å². The van der Waals surface area contributed by atoms with Crippen LogP contribution >= 0.6 is 17.0 Å². The molecule has 0 fully saturated rings. The van der Waals surface area contributed by atoms with Gasteiger partial charge in [-0.2, -0.15) is 0 Å². The van der Waals surface area contributed by atoms with Crippen LogP contribution in [0.3, 0.4) is 0 Å². The van der Waals surface area contributed by atoms with Gasteiger partial charge in [0.2, 0.25) is 0 Å². The molecule has 0 spiro atoms. The molecule has 2 aliphatic rings. The second-order valence-electron chi connectivity index (χ2n) is 10.8. The summed E-state index contributed by atoms with van der Waals surface area (Å²) >= 11 is -5.48. The van der Waals surface area contributed by atoms with Crippen molar-refractivity contribution in [2.45, 2.75) is 39.6 Å². The predicted octanol–water partition coefficient (Wildman–Crippen LogP) is 9.35. The molecule has 0 saturated carbocycles. The van der Waals surface area contributed by atoms with Crippen LogP contribution in [0.15, 0.2) is 77.9 Å². The number of benzene rings is 3. The first-order valence-corrected chi connectivity index (χ1v) is 24.8. The molecule has 3 heteroatoms. The molecule has 0 aromatic heterocycles. The summed E-state index contributed by atoms with van der Waals surface area (Å²) in [7, 11) is 16.8. The molecule has 169 valence electrons. The number of halogens is 2. The molecule has 0 saturated heterocycles. The standard InChI is InChI=1S/2C11H11.C7H6.CH3.2ClH.Zr/c2*1-8-6-10-5-3-4-9(2)11(10)7-8;1-7-5-3-2-4-6-7;;;;/h2*3-7H,1-2H3;1-6H;1H3;2*1H;/q;;;;;;+2/p-2. The Bertz CT molecular complexity index is 1370. The number of allylic oxidation sites excluding steroid dienone is 2. The van der Waals surface area contributed by atoms with Gasteiger partial charge in [-0.15, -0.1) is 0 Å². The van der Waals surface area contributed by atoms with Gasteiger partial charge < -0.3 is 0 Å². The molecular formula is C30H31Cl2Zr. The van der Waals surface area contributed by atoms with E-state index in [4.69, 9.17) is 17.0 Å². The minimum atomic E-state index is -5.48. The number of rotatable bonds is 3. The Morgan fingerprint density at radius 1 is 0.636 bits per heavy atom. The second-order valence-corrected chi connectivity index (χ2v) is 42.1. The predicted molar refractivity (Wildman–Crippen MR) is 144 cm³/mol. The third kappa shape index (κ3) is 3.38. The molecule has 2 atom stereocenters. The molecule has 2 unspecified atom stereocenters. The van der Waals surface area contributed by atoms with Gasteiger partial charge in [-0.25, -0.2) is 0 Å². The molecule has 3 aromatic rings. The third-order valence-corrected chi connectivity index (χ3v) is 29.4. The first-order valence-electron chi connectivity index (χ1n) is 11.7. The van der Waals surface area contributed by atoms with Crippen LogP contribution in [-0.4, -0.2) is 3.71 Å². The monoisotopic (exact) mass is 551 g/mol. The van der Waals surface area contributed by atoms with E-state index in [0.717, 1.165) is 5.56 Å². The Labute approximate surface area is 202 Å². The number of hydrogen-bond donors (Lipinski definition) is 0. The van der Waals surface area contributed by atoms with Gasteiger partial charge in [0.15, 0.2) is 0 Å². The summed E-state index contributed by atoms with van der Waals surface area (Å²) in [5.41, 5.74) is 11.3. The van der Waals surface area contributed by atoms with Crippen molar-refractivity contribution in [3.63, 3.8) is 0 Å². The van der Waals surface area contributed by atoms with E-state index in [2.05, 4.69) is 109 Å². The molecule has 0 N–H and O–H groups in total. The van der Waals surface area contributed by atoms with Gasteiger partial charge in [0.1, 0.15) is 0 Å². The Hall–Kier alpha value is -1.53. The van der Waals surface area contributed by atoms with Crippen LogP contribution in [0.2, 0.25) is 4.63 Å². The van der Waals surface area contributed by atoms with Gasteiger partial charge in [-0.05, 0) is 0 Å². The summed E-state index contributed by atoms with van der Waals surface area (Å²) in [5, 5.41) is 0. The zero-order valence-corrected chi connectivity index (χ0v) is 24.0. The van der Waals surface area contributed by atoms with Crippen molar-refractivity contribution in [1.29, 1.82) is 0 Å². The van der Waals surface area contributed by atoms with Crippen LogP contribution in [-0.2, 0) is 14.4 Å². The maximum atomic E-state index is 8.38. The van der Waals surface area contributed by atoms with Crippen LogP contribution in [0, 0.1) is 13.8 Å². The molecule has 0 bridgehead atoms. The molecular weight excluding hydrogens is 522 g/mol. The van der Waals surface area contributed by atoms with E-state index in [0.29, 0.717) is 0 Å². The second kappa shape index (κ2) is 7.24. The van der Waals surface area contributed by atoms with E-state index in [1.54, 1.807) is 0 Å². The minimum absolute atomic E-state index is 0.0237. The molecule has 2 aliphatic carbocycles. The summed E-state index contributed by atoms with van der Waals surface area (Å²) in [6.07, 6.45) is 4.64. The Morgan fingerprint density at radius 3 is 1.55 bits per heavy atom. The first kappa shape index (κ1) is 23.2. The molecule has 0 nitrogen and oxygen atoms in total. The fraction of sp³-hybridized carbons (Fsp3) is 0.233. The number of hydrogen-bond acceptors (Lipinski definition) is 0. The van der Waals surface area contributed by atoms with Crippen molar-refractivity contribution >= 4 is 32.9 Å². The van der Waals surface area contributed by atoms with Gasteiger partial charge in [0.05, 0.1) is 0 Å². The van der Waals surface area contributed by atoms with E-state index < -0.39 is 14.4 Å². The fourth-order valence-corrected chi connectivity index (χ4v) is 32.5. The molecule has 33 heavy (non-hydrogen) atoms. The molecule has 3 aromatic carbocycles. The normalized spacial score (nSPS) is 21.4. The number of fused-ring (bicyclic) bond motifs is 2. The quantitative estimate of drug-likeness (QED) is 0.303. The van der Waals surface area contributed by atoms with E-state index in [-0.39, 0.29) is 7.25 Å². The molecule has 0 radical (unpaired) electrons. The van der Waals surface area contributed by atoms with E-state index in [9.17, 15) is 0 Å². The Kier molecular flexibility index (Phi) is 5.09. The first-order chi connectivity index (χ1) is 15.5. The van der Waals surface area contributed by atoms with Crippen molar-refractivity contribution in [2.24, 2.45) is 0 Å². The zero-order valence-electron chi connectivity index (χ0n) is 20.0. The SMILES string of the molecule is CC1=Cc2c(C)cccc2[CH]1[Zr]([CH3])([Cl])([Cl])(=[CH]c1ccccc1)[CH]1C(C)=Cc2c(C)cccc21. The van der Waals surface area contributed by atoms with Crippen LogP contribution in [0.25, 0.3) is 12.2 Å². The van der Waals surface area contributed by atoms with Crippen LogP contribution in [0.1, 0.15) is 60.0 Å². The van der Waals surface area contributed by atoms with Crippen molar-refractivity contribution in [1.82, 2.24) is 0 Å². The molecule has 0 amide bonds. The summed E-state index contributed by atoms with van der Waals surface area (Å²) in [4.78, 5) is 0. The Morgan fingerprint density at radius 2 is 1.09 bits per heavy atom. The van der Waals surface area contributed by atoms with Gasteiger partial charge in [0, 0.05) is 0 Å². The summed E-state index contributed by atoms with van der Waals surface area (Å²) in [5.74, 6) is 0. The van der Waals surface area contributed by atoms with Gasteiger partial charge in [-0.3, -0.25) is 0 Å². The van der Waals surface area contributed by atoms with Gasteiger partial charge >= 0.3 is 204 Å². The van der Waals surface area contributed by atoms with E-state index >= 15 is 0 Å². The number of aryl methyl sites for hydroxylation is 2. The average molecular weight is 554 g/mol. The third-order valence-electron chi connectivity index (χ3n) is 8.06. The van der Waals surface area contributed by atoms with Crippen LogP contribution in [0.4, 0.5) is 0 Å². The van der Waals surface area contributed by atoms with Crippen molar-refractivity contribution in [2.75, 3.05) is 0 Å². The zero-order chi connectivity index (χ0) is 23.7. The topological polar surface area (TPSA) is 0 Å². The summed E-state index contributed by atoms with van der Waals surface area (Å²) in [6, 6.07) is 23.6. The fourth-order valence-electron chi connectivity index (χ4n) is 7.02. The average Bonchev–Trinajstić information content (AvgIpc) is 3.28. The molecule has 5 rings (SSSR count). The summed E-state index contributed by atoms with van der Waals surface area (Å²) < 4.78 is 4.54. The maximum absolute atomic E-state index is 8.38. The van der Waals surface area contributed by atoms with Crippen molar-refractivity contribution < 1.29 is 14.4 Å². The van der Waals surface area contributed by atoms with Crippen LogP contribution < -0.4 is 0 Å². The van der Waals surface area contributed by atoms with Gasteiger partial charge in [-0.1, -0.05) is 0 Å². The van der Waals surface area contributed by atoms with Crippen LogP contribution in [0.5, 0.6) is 0 Å². The van der Waals surface area contributed by atoms with Crippen molar-refractivity contribution in [3.8, 4) is 0 Å².